The molecule has 2 N–H and O–H groups in total. The second-order valence-corrected chi connectivity index (χ2v) is 4.82. The first kappa shape index (κ1) is 14.8. The zero-order chi connectivity index (χ0) is 14.4. The molecule has 1 heterocycles. The molecule has 1 aliphatic heterocycles. The molecule has 0 radical (unpaired) electrons. The molecule has 0 aromatic heterocycles. The van der Waals surface area contributed by atoms with Crippen LogP contribution in [-0.4, -0.2) is 43.2 Å². The lowest BCUT2D eigenvalue weighted by atomic mass is 10.2. The number of nitrogens with zero attached hydrogens (tertiary/aromatic N) is 1. The van der Waals surface area contributed by atoms with Gasteiger partial charge < -0.3 is 20.1 Å². The highest BCUT2D eigenvalue weighted by Crippen LogP contribution is 2.18. The van der Waals surface area contributed by atoms with Crippen molar-refractivity contribution in [3.8, 4) is 5.75 Å². The van der Waals surface area contributed by atoms with Crippen molar-refractivity contribution in [3.05, 3.63) is 29.8 Å². The second-order valence-electron chi connectivity index (χ2n) is 4.82. The van der Waals surface area contributed by atoms with Crippen LogP contribution in [0.3, 0.4) is 0 Å². The standard InChI is InChI=1S/C15H22N2O3/c1-2-13-10-19-8-7-17(13)15(18)11-20-14-6-4-3-5-12(14)9-16/h3-6,13H,2,7-11,16H2,1H3. The van der Waals surface area contributed by atoms with Crippen LogP contribution < -0.4 is 10.5 Å². The van der Waals surface area contributed by atoms with Gasteiger partial charge >= 0.3 is 0 Å². The average Bonchev–Trinajstić information content (AvgIpc) is 2.52. The van der Waals surface area contributed by atoms with Crippen molar-refractivity contribution in [3.63, 3.8) is 0 Å². The number of carbonyl (C=O) groups is 1. The molecule has 1 amide bonds. The Bertz CT molecular complexity index is 450. The van der Waals surface area contributed by atoms with E-state index in [2.05, 4.69) is 6.92 Å². The van der Waals surface area contributed by atoms with Gasteiger partial charge in [-0.3, -0.25) is 4.79 Å². The van der Waals surface area contributed by atoms with Crippen molar-refractivity contribution in [2.45, 2.75) is 25.9 Å². The van der Waals surface area contributed by atoms with Crippen LogP contribution in [-0.2, 0) is 16.1 Å². The van der Waals surface area contributed by atoms with E-state index in [-0.39, 0.29) is 18.6 Å². The Morgan fingerprint density at radius 2 is 2.30 bits per heavy atom. The molecule has 0 aliphatic carbocycles. The highest BCUT2D eigenvalue weighted by atomic mass is 16.5. The molecule has 1 saturated heterocycles. The molecule has 20 heavy (non-hydrogen) atoms. The largest absolute Gasteiger partial charge is 0.483 e. The monoisotopic (exact) mass is 278 g/mol. The molecule has 5 heteroatoms. The van der Waals surface area contributed by atoms with Crippen LogP contribution in [0.2, 0.25) is 0 Å². The van der Waals surface area contributed by atoms with Gasteiger partial charge in [0.25, 0.3) is 5.91 Å². The molecule has 0 spiro atoms. The SMILES string of the molecule is CCC1COCCN1C(=O)COc1ccccc1CN. The Hall–Kier alpha value is -1.59. The van der Waals surface area contributed by atoms with Crippen molar-refractivity contribution in [1.29, 1.82) is 0 Å². The van der Waals surface area contributed by atoms with Gasteiger partial charge in [-0.15, -0.1) is 0 Å². The minimum absolute atomic E-state index is 0.00646. The van der Waals surface area contributed by atoms with Crippen LogP contribution in [0.15, 0.2) is 24.3 Å². The fourth-order valence-electron chi connectivity index (χ4n) is 2.36. The van der Waals surface area contributed by atoms with E-state index in [1.807, 2.05) is 29.2 Å². The predicted octanol–water partition coefficient (Wildman–Crippen LogP) is 1.16. The molecule has 1 aromatic carbocycles. The lowest BCUT2D eigenvalue weighted by Crippen LogP contribution is -2.50. The zero-order valence-corrected chi connectivity index (χ0v) is 11.9. The van der Waals surface area contributed by atoms with E-state index in [0.717, 1.165) is 12.0 Å². The summed E-state index contributed by atoms with van der Waals surface area (Å²) in [5.41, 5.74) is 6.56. The van der Waals surface area contributed by atoms with Crippen molar-refractivity contribution in [1.82, 2.24) is 4.90 Å². The van der Waals surface area contributed by atoms with Gasteiger partial charge in [-0.2, -0.15) is 0 Å². The van der Waals surface area contributed by atoms with E-state index in [1.54, 1.807) is 0 Å². The van der Waals surface area contributed by atoms with Crippen molar-refractivity contribution in [2.75, 3.05) is 26.4 Å². The van der Waals surface area contributed by atoms with E-state index < -0.39 is 0 Å². The highest BCUT2D eigenvalue weighted by molar-refractivity contribution is 5.78. The Balaban J connectivity index is 1.94. The number of rotatable bonds is 5. The lowest BCUT2D eigenvalue weighted by Gasteiger charge is -2.35. The number of benzene rings is 1. The first-order valence-corrected chi connectivity index (χ1v) is 7.04. The van der Waals surface area contributed by atoms with E-state index in [4.69, 9.17) is 15.2 Å². The number of hydrogen-bond acceptors (Lipinski definition) is 4. The zero-order valence-electron chi connectivity index (χ0n) is 11.9. The number of hydrogen-bond donors (Lipinski definition) is 1. The molecule has 1 aliphatic rings. The molecular weight excluding hydrogens is 256 g/mol. The summed E-state index contributed by atoms with van der Waals surface area (Å²) < 4.78 is 11.0. The minimum Gasteiger partial charge on any atom is -0.483 e. The Morgan fingerprint density at radius 1 is 1.50 bits per heavy atom. The minimum atomic E-state index is 0.00646. The summed E-state index contributed by atoms with van der Waals surface area (Å²) in [5.74, 6) is 0.691. The molecule has 1 unspecified atom stereocenters. The quantitative estimate of drug-likeness (QED) is 0.878. The van der Waals surface area contributed by atoms with E-state index >= 15 is 0 Å². The summed E-state index contributed by atoms with van der Waals surface area (Å²) in [6, 6.07) is 7.69. The van der Waals surface area contributed by atoms with Crippen LogP contribution in [0.25, 0.3) is 0 Å². The number of morpholine rings is 1. The number of carbonyl (C=O) groups excluding carboxylic acids is 1. The molecule has 2 rings (SSSR count). The summed E-state index contributed by atoms with van der Waals surface area (Å²) in [6.07, 6.45) is 0.894. The average molecular weight is 278 g/mol. The number of amides is 1. The highest BCUT2D eigenvalue weighted by Gasteiger charge is 2.26. The van der Waals surface area contributed by atoms with Crippen LogP contribution in [0.4, 0.5) is 0 Å². The van der Waals surface area contributed by atoms with Crippen molar-refractivity contribution >= 4 is 5.91 Å². The van der Waals surface area contributed by atoms with Crippen LogP contribution in [0.5, 0.6) is 5.75 Å². The first-order chi connectivity index (χ1) is 9.76. The molecule has 110 valence electrons. The van der Waals surface area contributed by atoms with E-state index in [9.17, 15) is 4.79 Å². The summed E-state index contributed by atoms with van der Waals surface area (Å²) in [5, 5.41) is 0. The van der Waals surface area contributed by atoms with Gasteiger partial charge in [0, 0.05) is 18.7 Å². The van der Waals surface area contributed by atoms with Gasteiger partial charge in [0.15, 0.2) is 6.61 Å². The second kappa shape index (κ2) is 7.26. The maximum Gasteiger partial charge on any atom is 0.260 e. The van der Waals surface area contributed by atoms with Gasteiger partial charge in [0.05, 0.1) is 19.3 Å². The molecule has 0 saturated carbocycles. The normalized spacial score (nSPS) is 18.9. The van der Waals surface area contributed by atoms with Crippen molar-refractivity contribution < 1.29 is 14.3 Å². The third-order valence-electron chi connectivity index (χ3n) is 3.56. The van der Waals surface area contributed by atoms with Crippen molar-refractivity contribution in [2.24, 2.45) is 5.73 Å². The maximum atomic E-state index is 12.3. The summed E-state index contributed by atoms with van der Waals surface area (Å²) in [7, 11) is 0. The maximum absolute atomic E-state index is 12.3. The summed E-state index contributed by atoms with van der Waals surface area (Å²) in [4.78, 5) is 14.1. The van der Waals surface area contributed by atoms with Crippen LogP contribution in [0, 0.1) is 0 Å². The number of ether oxygens (including phenoxy) is 2. The smallest absolute Gasteiger partial charge is 0.260 e. The Morgan fingerprint density at radius 3 is 3.05 bits per heavy atom. The third kappa shape index (κ3) is 3.49. The third-order valence-corrected chi connectivity index (χ3v) is 3.56. The Labute approximate surface area is 119 Å². The summed E-state index contributed by atoms with van der Waals surface area (Å²) in [6.45, 7) is 4.36. The molecule has 1 atom stereocenters. The van der Waals surface area contributed by atoms with Gasteiger partial charge in [0.2, 0.25) is 0 Å². The fourth-order valence-corrected chi connectivity index (χ4v) is 2.36. The van der Waals surface area contributed by atoms with Gasteiger partial charge in [-0.1, -0.05) is 25.1 Å². The molecule has 1 fully saturated rings. The Kier molecular flexibility index (Phi) is 5.38. The molecular formula is C15H22N2O3. The number of para-hydroxylation sites is 1. The molecule has 1 aromatic rings. The van der Waals surface area contributed by atoms with Gasteiger partial charge in [0.1, 0.15) is 5.75 Å². The van der Waals surface area contributed by atoms with E-state index in [1.165, 1.54) is 0 Å². The predicted molar refractivity (Wildman–Crippen MR) is 76.4 cm³/mol. The molecule has 5 nitrogen and oxygen atoms in total. The van der Waals surface area contributed by atoms with Gasteiger partial charge in [-0.25, -0.2) is 0 Å². The van der Waals surface area contributed by atoms with Crippen LogP contribution >= 0.6 is 0 Å². The van der Waals surface area contributed by atoms with Crippen LogP contribution in [0.1, 0.15) is 18.9 Å². The number of nitrogens with two attached hydrogens (primary N) is 1. The topological polar surface area (TPSA) is 64.8 Å². The molecule has 0 bridgehead atoms. The van der Waals surface area contributed by atoms with E-state index in [0.29, 0.717) is 32.1 Å². The summed E-state index contributed by atoms with van der Waals surface area (Å²) >= 11 is 0. The first-order valence-electron chi connectivity index (χ1n) is 7.04. The lowest BCUT2D eigenvalue weighted by molar-refractivity contribution is -0.142. The fraction of sp³-hybridized carbons (Fsp3) is 0.533. The van der Waals surface area contributed by atoms with Gasteiger partial charge in [-0.05, 0) is 12.5 Å².